The number of hydrogen-bond acceptors (Lipinski definition) is 4. The molecule has 0 aromatic heterocycles. The van der Waals surface area contributed by atoms with Crippen molar-refractivity contribution in [2.75, 3.05) is 33.3 Å². The number of hydrogen-bond donors (Lipinski definition) is 2. The summed E-state index contributed by atoms with van der Waals surface area (Å²) in [7, 11) is 2.03. The highest BCUT2D eigenvalue weighted by atomic mass is 16.5. The normalized spacial score (nSPS) is 18.5. The molecule has 0 heterocycles. The predicted octanol–water partition coefficient (Wildman–Crippen LogP) is 0.977. The van der Waals surface area contributed by atoms with Crippen LogP contribution >= 0.6 is 0 Å². The van der Waals surface area contributed by atoms with Crippen molar-refractivity contribution in [1.82, 2.24) is 10.2 Å². The number of primary amides is 1. The molecular weight excluding hydrogens is 254 g/mol. The summed E-state index contributed by atoms with van der Waals surface area (Å²) in [4.78, 5) is 14.2. The minimum Gasteiger partial charge on any atom is -0.377 e. The minimum absolute atomic E-state index is 0.218. The SMILES string of the molecule is CCCNC(CN(C)CCOC(C)C)(C(N)=O)C1CC1. The van der Waals surface area contributed by atoms with Gasteiger partial charge in [0.2, 0.25) is 5.91 Å². The number of carbonyl (C=O) groups is 1. The van der Waals surface area contributed by atoms with Crippen LogP contribution in [0.2, 0.25) is 0 Å². The smallest absolute Gasteiger partial charge is 0.239 e. The largest absolute Gasteiger partial charge is 0.377 e. The molecule has 0 bridgehead atoms. The van der Waals surface area contributed by atoms with Crippen LogP contribution in [0.1, 0.15) is 40.0 Å². The van der Waals surface area contributed by atoms with E-state index in [1.807, 2.05) is 20.9 Å². The van der Waals surface area contributed by atoms with Crippen molar-refractivity contribution in [3.8, 4) is 0 Å². The van der Waals surface area contributed by atoms with Gasteiger partial charge in [-0.1, -0.05) is 6.92 Å². The van der Waals surface area contributed by atoms with E-state index in [1.54, 1.807) is 0 Å². The number of carbonyl (C=O) groups excluding carboxylic acids is 1. The molecule has 5 nitrogen and oxygen atoms in total. The van der Waals surface area contributed by atoms with Crippen LogP contribution in [0.15, 0.2) is 0 Å². The number of nitrogens with two attached hydrogens (primary N) is 1. The molecular formula is C15H31N3O2. The molecule has 0 aliphatic heterocycles. The van der Waals surface area contributed by atoms with Crippen molar-refractivity contribution >= 4 is 5.91 Å². The van der Waals surface area contributed by atoms with E-state index in [1.165, 1.54) is 0 Å². The van der Waals surface area contributed by atoms with Crippen LogP contribution < -0.4 is 11.1 Å². The van der Waals surface area contributed by atoms with Crippen molar-refractivity contribution in [1.29, 1.82) is 0 Å². The van der Waals surface area contributed by atoms with Crippen LogP contribution in [0, 0.1) is 5.92 Å². The molecule has 20 heavy (non-hydrogen) atoms. The highest BCUT2D eigenvalue weighted by Gasteiger charge is 2.49. The fourth-order valence-electron chi connectivity index (χ4n) is 2.57. The van der Waals surface area contributed by atoms with E-state index in [-0.39, 0.29) is 12.0 Å². The summed E-state index contributed by atoms with van der Waals surface area (Å²) in [6.45, 7) is 9.15. The van der Waals surface area contributed by atoms with E-state index in [9.17, 15) is 4.79 Å². The van der Waals surface area contributed by atoms with Crippen LogP contribution in [0.3, 0.4) is 0 Å². The molecule has 0 spiro atoms. The highest BCUT2D eigenvalue weighted by Crippen LogP contribution is 2.40. The lowest BCUT2D eigenvalue weighted by Gasteiger charge is -2.36. The first-order valence-electron chi connectivity index (χ1n) is 7.77. The molecule has 1 fully saturated rings. The van der Waals surface area contributed by atoms with Gasteiger partial charge >= 0.3 is 0 Å². The number of nitrogens with one attached hydrogen (secondary N) is 1. The van der Waals surface area contributed by atoms with Crippen molar-refractivity contribution in [3.05, 3.63) is 0 Å². The Morgan fingerprint density at radius 3 is 2.60 bits per heavy atom. The molecule has 1 atom stereocenters. The zero-order valence-corrected chi connectivity index (χ0v) is 13.4. The first-order valence-corrected chi connectivity index (χ1v) is 7.77. The third-order valence-electron chi connectivity index (χ3n) is 3.85. The zero-order chi connectivity index (χ0) is 15.2. The van der Waals surface area contributed by atoms with Gasteiger partial charge in [0.1, 0.15) is 5.54 Å². The van der Waals surface area contributed by atoms with Crippen LogP contribution in [-0.2, 0) is 9.53 Å². The van der Waals surface area contributed by atoms with Crippen molar-refractivity contribution in [2.24, 2.45) is 11.7 Å². The fourth-order valence-corrected chi connectivity index (χ4v) is 2.57. The van der Waals surface area contributed by atoms with Crippen molar-refractivity contribution in [3.63, 3.8) is 0 Å². The van der Waals surface area contributed by atoms with Crippen LogP contribution in [0.5, 0.6) is 0 Å². The Bertz CT molecular complexity index is 305. The summed E-state index contributed by atoms with van der Waals surface area (Å²) < 4.78 is 5.57. The van der Waals surface area contributed by atoms with Gasteiger partial charge in [-0.15, -0.1) is 0 Å². The van der Waals surface area contributed by atoms with Gasteiger partial charge in [-0.05, 0) is 52.6 Å². The van der Waals surface area contributed by atoms with Gasteiger partial charge in [0.15, 0.2) is 0 Å². The molecule has 5 heteroatoms. The molecule has 3 N–H and O–H groups in total. The lowest BCUT2D eigenvalue weighted by molar-refractivity contribution is -0.126. The topological polar surface area (TPSA) is 67.6 Å². The summed E-state index contributed by atoms with van der Waals surface area (Å²) in [6, 6.07) is 0. The number of ether oxygens (including phenoxy) is 1. The Kier molecular flexibility index (Phi) is 6.92. The molecule has 1 rings (SSSR count). The van der Waals surface area contributed by atoms with Gasteiger partial charge in [0, 0.05) is 13.1 Å². The Hall–Kier alpha value is -0.650. The lowest BCUT2D eigenvalue weighted by atomic mass is 9.91. The Morgan fingerprint density at radius 2 is 2.15 bits per heavy atom. The maximum atomic E-state index is 12.0. The number of amides is 1. The molecule has 1 unspecified atom stereocenters. The Labute approximate surface area is 123 Å². The second kappa shape index (κ2) is 7.96. The molecule has 0 saturated heterocycles. The molecule has 118 valence electrons. The number of nitrogens with zero attached hydrogens (tertiary/aromatic N) is 1. The summed E-state index contributed by atoms with van der Waals surface area (Å²) in [5.74, 6) is 0.171. The Balaban J connectivity index is 2.56. The maximum Gasteiger partial charge on any atom is 0.239 e. The average molecular weight is 285 g/mol. The Morgan fingerprint density at radius 1 is 1.50 bits per heavy atom. The first-order chi connectivity index (χ1) is 9.42. The molecule has 0 aromatic rings. The monoisotopic (exact) mass is 285 g/mol. The second-order valence-electron chi connectivity index (χ2n) is 6.19. The average Bonchev–Trinajstić information content (AvgIpc) is 3.18. The highest BCUT2D eigenvalue weighted by molar-refractivity contribution is 5.86. The molecule has 1 amide bonds. The molecule has 0 radical (unpaired) electrons. The van der Waals surface area contributed by atoms with Gasteiger partial charge in [-0.2, -0.15) is 0 Å². The molecule has 1 saturated carbocycles. The predicted molar refractivity (Wildman–Crippen MR) is 81.5 cm³/mol. The van der Waals surface area contributed by atoms with Crippen LogP contribution in [0.25, 0.3) is 0 Å². The summed E-state index contributed by atoms with van der Waals surface area (Å²) >= 11 is 0. The summed E-state index contributed by atoms with van der Waals surface area (Å²) in [6.07, 6.45) is 3.43. The number of rotatable bonds is 11. The third kappa shape index (κ3) is 5.04. The van der Waals surface area contributed by atoms with E-state index in [4.69, 9.17) is 10.5 Å². The van der Waals surface area contributed by atoms with Gasteiger partial charge in [-0.3, -0.25) is 4.79 Å². The number of likely N-dealkylation sites (N-methyl/N-ethyl adjacent to an activating group) is 1. The van der Waals surface area contributed by atoms with Gasteiger partial charge in [0.05, 0.1) is 12.7 Å². The summed E-state index contributed by atoms with van der Waals surface area (Å²) in [5, 5.41) is 3.42. The van der Waals surface area contributed by atoms with Crippen LogP contribution in [0.4, 0.5) is 0 Å². The van der Waals surface area contributed by atoms with Gasteiger partial charge in [0.25, 0.3) is 0 Å². The van der Waals surface area contributed by atoms with E-state index in [2.05, 4.69) is 17.1 Å². The quantitative estimate of drug-likeness (QED) is 0.594. The van der Waals surface area contributed by atoms with Gasteiger partial charge < -0.3 is 20.7 Å². The minimum atomic E-state index is -0.567. The van der Waals surface area contributed by atoms with E-state index in [0.717, 1.165) is 32.4 Å². The van der Waals surface area contributed by atoms with Crippen molar-refractivity contribution < 1.29 is 9.53 Å². The standard InChI is InChI=1S/C15H31N3O2/c1-5-8-17-15(14(16)19,13-6-7-13)11-18(4)9-10-20-12(2)3/h12-13,17H,5-11H2,1-4H3,(H2,16,19). The van der Waals surface area contributed by atoms with Gasteiger partial charge in [-0.25, -0.2) is 0 Å². The molecule has 1 aliphatic carbocycles. The lowest BCUT2D eigenvalue weighted by Crippen LogP contribution is -2.63. The van der Waals surface area contributed by atoms with E-state index >= 15 is 0 Å². The molecule has 1 aliphatic rings. The zero-order valence-electron chi connectivity index (χ0n) is 13.4. The fraction of sp³-hybridized carbons (Fsp3) is 0.933. The molecule has 0 aromatic carbocycles. The second-order valence-corrected chi connectivity index (χ2v) is 6.19. The van der Waals surface area contributed by atoms with Crippen LogP contribution in [-0.4, -0.2) is 55.7 Å². The van der Waals surface area contributed by atoms with E-state index in [0.29, 0.717) is 19.1 Å². The maximum absolute atomic E-state index is 12.0. The summed E-state index contributed by atoms with van der Waals surface area (Å²) in [5.41, 5.74) is 5.15. The third-order valence-corrected chi connectivity index (χ3v) is 3.85. The van der Waals surface area contributed by atoms with Crippen molar-refractivity contribution in [2.45, 2.75) is 51.7 Å². The first kappa shape index (κ1) is 17.4. The van der Waals surface area contributed by atoms with E-state index < -0.39 is 5.54 Å².